The fourth-order valence-electron chi connectivity index (χ4n) is 3.41. The summed E-state index contributed by atoms with van der Waals surface area (Å²) in [5, 5.41) is 8.16. The van der Waals surface area contributed by atoms with Crippen LogP contribution in [-0.2, 0) is 6.54 Å². The predicted molar refractivity (Wildman–Crippen MR) is 104 cm³/mol. The second-order valence-electron chi connectivity index (χ2n) is 6.52. The van der Waals surface area contributed by atoms with Crippen LogP contribution in [0.3, 0.4) is 0 Å². The molecular weight excluding hydrogens is 388 g/mol. The number of ether oxygens (including phenoxy) is 2. The van der Waals surface area contributed by atoms with Gasteiger partial charge in [0.2, 0.25) is 11.7 Å². The predicted octanol–water partition coefficient (Wildman–Crippen LogP) is 4.50. The number of rotatable bonds is 9. The minimum atomic E-state index is -2.92. The minimum Gasteiger partial charge on any atom is -0.493 e. The van der Waals surface area contributed by atoms with Crippen LogP contribution in [-0.4, -0.2) is 40.9 Å². The first kappa shape index (κ1) is 20.9. The molecule has 154 valence electrons. The molecule has 1 heterocycles. The summed E-state index contributed by atoms with van der Waals surface area (Å²) < 4.78 is 39.8. The highest BCUT2D eigenvalue weighted by molar-refractivity contribution is 7.99. The Morgan fingerprint density at radius 2 is 2.11 bits per heavy atom. The van der Waals surface area contributed by atoms with Crippen LogP contribution in [0.15, 0.2) is 22.7 Å². The number of halogens is 2. The van der Waals surface area contributed by atoms with E-state index in [1.807, 2.05) is 11.8 Å². The van der Waals surface area contributed by atoms with E-state index in [4.69, 9.17) is 9.26 Å². The number of alkyl halides is 2. The second kappa shape index (κ2) is 10.1. The molecule has 0 radical (unpaired) electrons. The number of benzene rings is 1. The molecule has 1 aliphatic rings. The summed E-state index contributed by atoms with van der Waals surface area (Å²) in [6, 6.07) is 5.00. The van der Waals surface area contributed by atoms with Gasteiger partial charge in [-0.1, -0.05) is 24.9 Å². The molecule has 0 aliphatic heterocycles. The molecule has 1 N–H and O–H groups in total. The summed E-state index contributed by atoms with van der Waals surface area (Å²) in [6.07, 6.45) is 4.91. The van der Waals surface area contributed by atoms with Gasteiger partial charge in [0.1, 0.15) is 0 Å². The SMILES string of the molecule is CCS[C@H]1CCCC[C@@H]1NCc1nc(-c2ccc(OC(F)F)c(OC)c2)no1. The summed E-state index contributed by atoms with van der Waals surface area (Å²) in [5.41, 5.74) is 0.602. The van der Waals surface area contributed by atoms with Gasteiger partial charge in [0.15, 0.2) is 11.5 Å². The van der Waals surface area contributed by atoms with Crippen molar-refractivity contribution in [3.8, 4) is 22.9 Å². The zero-order valence-electron chi connectivity index (χ0n) is 16.0. The van der Waals surface area contributed by atoms with Crippen LogP contribution in [0.5, 0.6) is 11.5 Å². The lowest BCUT2D eigenvalue weighted by molar-refractivity contribution is -0.0512. The molecule has 28 heavy (non-hydrogen) atoms. The van der Waals surface area contributed by atoms with Gasteiger partial charge in [0.25, 0.3) is 0 Å². The first-order chi connectivity index (χ1) is 13.6. The molecule has 0 saturated heterocycles. The summed E-state index contributed by atoms with van der Waals surface area (Å²) in [5.74, 6) is 2.13. The molecule has 1 saturated carbocycles. The maximum atomic E-state index is 12.5. The van der Waals surface area contributed by atoms with E-state index in [0.29, 0.717) is 35.1 Å². The number of nitrogens with zero attached hydrogens (tertiary/aromatic N) is 2. The third-order valence-corrected chi connectivity index (χ3v) is 6.03. The van der Waals surface area contributed by atoms with E-state index >= 15 is 0 Å². The Kier molecular flexibility index (Phi) is 7.50. The van der Waals surface area contributed by atoms with Crippen LogP contribution in [0.4, 0.5) is 8.78 Å². The van der Waals surface area contributed by atoms with E-state index in [0.717, 1.165) is 12.2 Å². The van der Waals surface area contributed by atoms with Crippen molar-refractivity contribution in [2.24, 2.45) is 0 Å². The number of thioether (sulfide) groups is 1. The molecule has 3 rings (SSSR count). The Balaban J connectivity index is 1.65. The maximum Gasteiger partial charge on any atom is 0.387 e. The highest BCUT2D eigenvalue weighted by Gasteiger charge is 2.25. The molecule has 1 aliphatic carbocycles. The number of hydrogen-bond donors (Lipinski definition) is 1. The average Bonchev–Trinajstić information content (AvgIpc) is 3.16. The van der Waals surface area contributed by atoms with Crippen molar-refractivity contribution >= 4 is 11.8 Å². The smallest absolute Gasteiger partial charge is 0.387 e. The molecule has 0 unspecified atom stereocenters. The molecule has 1 aromatic heterocycles. The maximum absolute atomic E-state index is 12.5. The normalized spacial score (nSPS) is 19.8. The number of aromatic nitrogens is 2. The van der Waals surface area contributed by atoms with Crippen molar-refractivity contribution in [1.29, 1.82) is 0 Å². The van der Waals surface area contributed by atoms with E-state index < -0.39 is 6.61 Å². The van der Waals surface area contributed by atoms with Gasteiger partial charge in [-0.15, -0.1) is 0 Å². The second-order valence-corrected chi connectivity index (χ2v) is 8.04. The fraction of sp³-hybridized carbons (Fsp3) is 0.579. The summed E-state index contributed by atoms with van der Waals surface area (Å²) >= 11 is 2.00. The van der Waals surface area contributed by atoms with E-state index in [1.165, 1.54) is 32.4 Å². The van der Waals surface area contributed by atoms with E-state index in [9.17, 15) is 8.78 Å². The van der Waals surface area contributed by atoms with E-state index in [-0.39, 0.29) is 11.5 Å². The zero-order valence-corrected chi connectivity index (χ0v) is 16.8. The molecule has 2 aromatic rings. The first-order valence-corrected chi connectivity index (χ1v) is 10.5. The van der Waals surface area contributed by atoms with Gasteiger partial charge in [0, 0.05) is 16.9 Å². The Morgan fingerprint density at radius 3 is 2.86 bits per heavy atom. The molecule has 0 spiro atoms. The van der Waals surface area contributed by atoms with Crippen LogP contribution < -0.4 is 14.8 Å². The Labute approximate surface area is 167 Å². The molecule has 2 atom stereocenters. The molecule has 1 fully saturated rings. The van der Waals surface area contributed by atoms with Gasteiger partial charge in [-0.3, -0.25) is 0 Å². The van der Waals surface area contributed by atoms with Crippen molar-refractivity contribution in [3.05, 3.63) is 24.1 Å². The largest absolute Gasteiger partial charge is 0.493 e. The van der Waals surface area contributed by atoms with E-state index in [1.54, 1.807) is 12.1 Å². The van der Waals surface area contributed by atoms with Gasteiger partial charge in [0.05, 0.1) is 13.7 Å². The van der Waals surface area contributed by atoms with Gasteiger partial charge in [-0.05, 0) is 36.8 Å². The van der Waals surface area contributed by atoms with Crippen LogP contribution >= 0.6 is 11.8 Å². The van der Waals surface area contributed by atoms with Gasteiger partial charge in [-0.25, -0.2) is 0 Å². The number of methoxy groups -OCH3 is 1. The summed E-state index contributed by atoms with van der Waals surface area (Å²) in [7, 11) is 1.39. The topological polar surface area (TPSA) is 69.4 Å². The molecule has 0 amide bonds. The number of hydrogen-bond acceptors (Lipinski definition) is 7. The monoisotopic (exact) mass is 413 g/mol. The Morgan fingerprint density at radius 1 is 1.29 bits per heavy atom. The van der Waals surface area contributed by atoms with Crippen molar-refractivity contribution in [3.63, 3.8) is 0 Å². The zero-order chi connectivity index (χ0) is 19.9. The molecule has 6 nitrogen and oxygen atoms in total. The van der Waals surface area contributed by atoms with Crippen LogP contribution in [0.1, 0.15) is 38.5 Å². The van der Waals surface area contributed by atoms with E-state index in [2.05, 4.69) is 27.1 Å². The number of nitrogens with one attached hydrogen (secondary N) is 1. The van der Waals surface area contributed by atoms with Crippen LogP contribution in [0.2, 0.25) is 0 Å². The third kappa shape index (κ3) is 5.35. The fourth-order valence-corrected chi connectivity index (χ4v) is 4.63. The average molecular weight is 413 g/mol. The standard InChI is InChI=1S/C19H25F2N3O3S/c1-3-28-16-7-5-4-6-13(16)22-11-17-23-18(24-27-17)12-8-9-14(26-19(20)21)15(10-12)25-2/h8-10,13,16,19,22H,3-7,11H2,1-2H3/t13-,16-/m0/s1. The van der Waals surface area contributed by atoms with Crippen molar-refractivity contribution < 1.29 is 22.8 Å². The molecule has 0 bridgehead atoms. The Bertz CT molecular complexity index is 758. The quantitative estimate of drug-likeness (QED) is 0.649. The highest BCUT2D eigenvalue weighted by atomic mass is 32.2. The third-order valence-electron chi connectivity index (χ3n) is 4.70. The first-order valence-electron chi connectivity index (χ1n) is 9.41. The van der Waals surface area contributed by atoms with Crippen molar-refractivity contribution in [2.75, 3.05) is 12.9 Å². The molecule has 9 heteroatoms. The van der Waals surface area contributed by atoms with Crippen molar-refractivity contribution in [2.45, 2.75) is 57.1 Å². The molecule has 1 aromatic carbocycles. The van der Waals surface area contributed by atoms with Gasteiger partial charge < -0.3 is 19.3 Å². The molecular formula is C19H25F2N3O3S. The lowest BCUT2D eigenvalue weighted by atomic mass is 9.95. The van der Waals surface area contributed by atoms with Crippen LogP contribution in [0.25, 0.3) is 11.4 Å². The van der Waals surface area contributed by atoms with Crippen LogP contribution in [0, 0.1) is 0 Å². The van der Waals surface area contributed by atoms with Gasteiger partial charge in [-0.2, -0.15) is 25.5 Å². The lowest BCUT2D eigenvalue weighted by Gasteiger charge is -2.31. The summed E-state index contributed by atoms with van der Waals surface area (Å²) in [4.78, 5) is 4.41. The van der Waals surface area contributed by atoms with Crippen molar-refractivity contribution in [1.82, 2.24) is 15.5 Å². The summed E-state index contributed by atoms with van der Waals surface area (Å²) in [6.45, 7) is -0.230. The van der Waals surface area contributed by atoms with Gasteiger partial charge >= 0.3 is 6.61 Å². The lowest BCUT2D eigenvalue weighted by Crippen LogP contribution is -2.40. The minimum absolute atomic E-state index is 0.0385. The Hall–Kier alpha value is -1.87. The highest BCUT2D eigenvalue weighted by Crippen LogP contribution is 2.33.